The normalized spacial score (nSPS) is 30.2. The van der Waals surface area contributed by atoms with Gasteiger partial charge in [0.2, 0.25) is 0 Å². The van der Waals surface area contributed by atoms with Crippen LogP contribution in [0.2, 0.25) is 0 Å². The average molecular weight is 226 g/mol. The summed E-state index contributed by atoms with van der Waals surface area (Å²) in [5, 5.41) is 7.18. The Morgan fingerprint density at radius 3 is 2.69 bits per heavy atom. The molecule has 16 heavy (non-hydrogen) atoms. The van der Waals surface area contributed by atoms with Crippen molar-refractivity contribution >= 4 is 0 Å². The average Bonchev–Trinajstić information content (AvgIpc) is 2.38. The summed E-state index contributed by atoms with van der Waals surface area (Å²) >= 11 is 0. The fraction of sp³-hybridized carbons (Fsp3) is 1.00. The third kappa shape index (κ3) is 3.44. The van der Waals surface area contributed by atoms with Gasteiger partial charge in [-0.3, -0.25) is 0 Å². The van der Waals surface area contributed by atoms with Crippen LogP contribution in [-0.2, 0) is 4.74 Å². The van der Waals surface area contributed by atoms with Gasteiger partial charge >= 0.3 is 0 Å². The molecule has 2 N–H and O–H groups in total. The van der Waals surface area contributed by atoms with Crippen LogP contribution in [0.25, 0.3) is 0 Å². The first kappa shape index (κ1) is 12.3. The van der Waals surface area contributed by atoms with Crippen LogP contribution in [0.4, 0.5) is 0 Å². The first-order chi connectivity index (χ1) is 7.90. The van der Waals surface area contributed by atoms with E-state index < -0.39 is 0 Å². The van der Waals surface area contributed by atoms with Gasteiger partial charge in [-0.25, -0.2) is 0 Å². The molecule has 2 aliphatic heterocycles. The molecule has 0 spiro atoms. The van der Waals surface area contributed by atoms with Crippen LogP contribution < -0.4 is 10.6 Å². The predicted molar refractivity (Wildman–Crippen MR) is 66.6 cm³/mol. The summed E-state index contributed by atoms with van der Waals surface area (Å²) in [6.45, 7) is 3.14. The molecule has 2 atom stereocenters. The first-order valence-corrected chi connectivity index (χ1v) is 6.88. The van der Waals surface area contributed by atoms with Crippen molar-refractivity contribution in [3.8, 4) is 0 Å². The van der Waals surface area contributed by atoms with Gasteiger partial charge in [0.1, 0.15) is 0 Å². The number of hydrogen-bond donors (Lipinski definition) is 2. The van der Waals surface area contributed by atoms with E-state index in [4.69, 9.17) is 4.74 Å². The van der Waals surface area contributed by atoms with Crippen LogP contribution in [0.5, 0.6) is 0 Å². The molecule has 2 rings (SSSR count). The topological polar surface area (TPSA) is 33.3 Å². The third-order valence-corrected chi connectivity index (χ3v) is 4.16. The molecule has 0 aromatic heterocycles. The number of hydrogen-bond acceptors (Lipinski definition) is 3. The Morgan fingerprint density at radius 2 is 2.06 bits per heavy atom. The minimum absolute atomic E-state index is 0.680. The van der Waals surface area contributed by atoms with Gasteiger partial charge in [0.25, 0.3) is 0 Å². The highest BCUT2D eigenvalue weighted by atomic mass is 16.5. The first-order valence-electron chi connectivity index (χ1n) is 6.88. The fourth-order valence-electron chi connectivity index (χ4n) is 3.10. The summed E-state index contributed by atoms with van der Waals surface area (Å²) < 4.78 is 5.44. The Hall–Kier alpha value is -0.120. The molecular formula is C13H26N2O. The Bertz CT molecular complexity index is 186. The van der Waals surface area contributed by atoms with Crippen molar-refractivity contribution < 1.29 is 4.74 Å². The fourth-order valence-corrected chi connectivity index (χ4v) is 3.10. The molecule has 0 aliphatic carbocycles. The molecule has 2 unspecified atom stereocenters. The SMILES string of the molecule is CNC(CC1CCCCN1)C1CCOCC1. The van der Waals surface area contributed by atoms with E-state index in [-0.39, 0.29) is 0 Å². The van der Waals surface area contributed by atoms with E-state index in [0.717, 1.165) is 25.2 Å². The highest BCUT2D eigenvalue weighted by Gasteiger charge is 2.25. The zero-order valence-corrected chi connectivity index (χ0v) is 10.5. The quantitative estimate of drug-likeness (QED) is 0.763. The molecule has 94 valence electrons. The van der Waals surface area contributed by atoms with E-state index in [1.165, 1.54) is 45.1 Å². The lowest BCUT2D eigenvalue weighted by Crippen LogP contribution is -2.44. The number of rotatable bonds is 4. The van der Waals surface area contributed by atoms with E-state index in [1.54, 1.807) is 0 Å². The Labute approximate surface area is 99.3 Å². The third-order valence-electron chi connectivity index (χ3n) is 4.16. The van der Waals surface area contributed by atoms with E-state index in [9.17, 15) is 0 Å². The summed E-state index contributed by atoms with van der Waals surface area (Å²) in [6.07, 6.45) is 7.89. The molecule has 0 aromatic carbocycles. The van der Waals surface area contributed by atoms with Gasteiger partial charge < -0.3 is 15.4 Å². The minimum Gasteiger partial charge on any atom is -0.381 e. The largest absolute Gasteiger partial charge is 0.381 e. The number of piperidine rings is 1. The van der Waals surface area contributed by atoms with Crippen molar-refractivity contribution in [2.24, 2.45) is 5.92 Å². The number of nitrogens with one attached hydrogen (secondary N) is 2. The zero-order valence-electron chi connectivity index (χ0n) is 10.5. The van der Waals surface area contributed by atoms with Crippen molar-refractivity contribution in [3.63, 3.8) is 0 Å². The lowest BCUT2D eigenvalue weighted by molar-refractivity contribution is 0.0517. The van der Waals surface area contributed by atoms with Crippen molar-refractivity contribution in [1.82, 2.24) is 10.6 Å². The molecule has 2 saturated heterocycles. The van der Waals surface area contributed by atoms with Gasteiger partial charge in [0.05, 0.1) is 0 Å². The van der Waals surface area contributed by atoms with Gasteiger partial charge in [-0.15, -0.1) is 0 Å². The van der Waals surface area contributed by atoms with Crippen LogP contribution in [0.1, 0.15) is 38.5 Å². The van der Waals surface area contributed by atoms with Gasteiger partial charge in [0, 0.05) is 25.3 Å². The van der Waals surface area contributed by atoms with Crippen LogP contribution in [0.15, 0.2) is 0 Å². The number of ether oxygens (including phenoxy) is 1. The highest BCUT2D eigenvalue weighted by molar-refractivity contribution is 4.84. The minimum atomic E-state index is 0.680. The van der Waals surface area contributed by atoms with E-state index >= 15 is 0 Å². The van der Waals surface area contributed by atoms with Crippen LogP contribution in [0, 0.1) is 5.92 Å². The lowest BCUT2D eigenvalue weighted by atomic mass is 9.86. The Balaban J connectivity index is 1.78. The second kappa shape index (κ2) is 6.58. The molecule has 0 aromatic rings. The van der Waals surface area contributed by atoms with Gasteiger partial charge in [-0.1, -0.05) is 6.42 Å². The molecule has 3 heteroatoms. The van der Waals surface area contributed by atoms with Crippen molar-refractivity contribution in [1.29, 1.82) is 0 Å². The monoisotopic (exact) mass is 226 g/mol. The van der Waals surface area contributed by atoms with E-state index in [0.29, 0.717) is 6.04 Å². The molecule has 2 heterocycles. The Morgan fingerprint density at radius 1 is 1.25 bits per heavy atom. The molecule has 0 amide bonds. The molecule has 2 aliphatic rings. The molecule has 2 fully saturated rings. The molecule has 3 nitrogen and oxygen atoms in total. The second-order valence-electron chi connectivity index (χ2n) is 5.23. The maximum Gasteiger partial charge on any atom is 0.0469 e. The molecule has 0 saturated carbocycles. The van der Waals surface area contributed by atoms with Gasteiger partial charge in [-0.05, 0) is 51.6 Å². The Kier molecular flexibility index (Phi) is 5.07. The predicted octanol–water partition coefficient (Wildman–Crippen LogP) is 1.53. The second-order valence-corrected chi connectivity index (χ2v) is 5.23. The van der Waals surface area contributed by atoms with Gasteiger partial charge in [-0.2, -0.15) is 0 Å². The summed E-state index contributed by atoms with van der Waals surface area (Å²) in [5.74, 6) is 0.822. The standard InChI is InChI=1S/C13H26N2O/c1-14-13(11-5-8-16-9-6-11)10-12-4-2-3-7-15-12/h11-15H,2-10H2,1H3. The summed E-state index contributed by atoms with van der Waals surface area (Å²) in [5.41, 5.74) is 0. The summed E-state index contributed by atoms with van der Waals surface area (Å²) in [4.78, 5) is 0. The van der Waals surface area contributed by atoms with E-state index in [2.05, 4.69) is 17.7 Å². The van der Waals surface area contributed by atoms with Crippen LogP contribution in [-0.4, -0.2) is 38.9 Å². The zero-order chi connectivity index (χ0) is 11.2. The van der Waals surface area contributed by atoms with E-state index in [1.807, 2.05) is 0 Å². The maximum absolute atomic E-state index is 5.44. The molecule has 0 radical (unpaired) electrons. The van der Waals surface area contributed by atoms with Gasteiger partial charge in [0.15, 0.2) is 0 Å². The van der Waals surface area contributed by atoms with Crippen LogP contribution >= 0.6 is 0 Å². The van der Waals surface area contributed by atoms with Crippen molar-refractivity contribution in [3.05, 3.63) is 0 Å². The summed E-state index contributed by atoms with van der Waals surface area (Å²) in [7, 11) is 2.11. The lowest BCUT2D eigenvalue weighted by Gasteiger charge is -2.34. The smallest absolute Gasteiger partial charge is 0.0469 e. The maximum atomic E-state index is 5.44. The van der Waals surface area contributed by atoms with Crippen LogP contribution in [0.3, 0.4) is 0 Å². The summed E-state index contributed by atoms with van der Waals surface area (Å²) in [6, 6.07) is 1.42. The van der Waals surface area contributed by atoms with Crippen molar-refractivity contribution in [2.75, 3.05) is 26.8 Å². The highest BCUT2D eigenvalue weighted by Crippen LogP contribution is 2.23. The molecular weight excluding hydrogens is 200 g/mol. The van der Waals surface area contributed by atoms with Crippen molar-refractivity contribution in [2.45, 2.75) is 50.6 Å². The molecule has 0 bridgehead atoms.